The first-order valence-electron chi connectivity index (χ1n) is 2.47. The van der Waals surface area contributed by atoms with E-state index in [1.165, 1.54) is 0 Å². The van der Waals surface area contributed by atoms with E-state index in [4.69, 9.17) is 10.2 Å². The van der Waals surface area contributed by atoms with Crippen LogP contribution in [0.4, 0.5) is 0 Å². The van der Waals surface area contributed by atoms with Crippen LogP contribution in [0.1, 0.15) is 21.3 Å². The number of hydrogen-bond acceptors (Lipinski definition) is 2. The Hall–Kier alpha value is -0.0800. The third-order valence-corrected chi connectivity index (χ3v) is 0.957. The van der Waals surface area contributed by atoms with Gasteiger partial charge in [0.15, 0.2) is 0 Å². The highest BCUT2D eigenvalue weighted by Gasteiger charge is 2.04. The highest BCUT2D eigenvalue weighted by Crippen LogP contribution is 1.97. The fraction of sp³-hybridized carbons (Fsp3) is 1.00. The topological polar surface area (TPSA) is 40.5 Å². The van der Waals surface area contributed by atoms with E-state index in [1.807, 2.05) is 13.8 Å². The first kappa shape index (κ1) is 10.8. The Morgan fingerprint density at radius 3 is 1.75 bits per heavy atom. The van der Waals surface area contributed by atoms with Gasteiger partial charge in [-0.05, 0) is 5.92 Å². The smallest absolute Gasteiger partial charge is 0.0793 e. The van der Waals surface area contributed by atoms with Gasteiger partial charge in [-0.3, -0.25) is 0 Å². The maximum atomic E-state index is 8.69. The summed E-state index contributed by atoms with van der Waals surface area (Å²) in [5.74, 6) is 0.171. The molecule has 0 aromatic heterocycles. The van der Waals surface area contributed by atoms with Crippen LogP contribution in [0.15, 0.2) is 0 Å². The zero-order valence-corrected chi connectivity index (χ0v) is 4.76. The molecule has 2 nitrogen and oxygen atoms in total. The quantitative estimate of drug-likeness (QED) is 0.561. The molecule has 0 saturated heterocycles. The van der Waals surface area contributed by atoms with Gasteiger partial charge in [0.1, 0.15) is 0 Å². The van der Waals surface area contributed by atoms with E-state index in [1.54, 1.807) is 0 Å². The molecule has 1 atom stereocenters. The summed E-state index contributed by atoms with van der Waals surface area (Å²) in [5, 5.41) is 16.9. The number of rotatable bonds is 2. The molecule has 0 aromatic rings. The SMILES string of the molecule is C.CC(C)C(O)CO. The van der Waals surface area contributed by atoms with Crippen LogP contribution in [0.3, 0.4) is 0 Å². The number of aliphatic hydroxyl groups is 2. The first-order valence-corrected chi connectivity index (χ1v) is 2.47. The lowest BCUT2D eigenvalue weighted by molar-refractivity contribution is 0.0597. The standard InChI is InChI=1S/C5H12O2.CH4/c1-4(2)5(7)3-6;/h4-7H,3H2,1-2H3;1H4. The second-order valence-corrected chi connectivity index (χ2v) is 1.99. The molecular weight excluding hydrogens is 104 g/mol. The van der Waals surface area contributed by atoms with Gasteiger partial charge in [0.05, 0.1) is 12.7 Å². The van der Waals surface area contributed by atoms with E-state index in [0.717, 1.165) is 0 Å². The summed E-state index contributed by atoms with van der Waals surface area (Å²) in [6.07, 6.45) is -0.542. The van der Waals surface area contributed by atoms with Crippen molar-refractivity contribution >= 4 is 0 Å². The van der Waals surface area contributed by atoms with Crippen LogP contribution >= 0.6 is 0 Å². The normalized spacial score (nSPS) is 13.1. The van der Waals surface area contributed by atoms with Gasteiger partial charge in [-0.1, -0.05) is 21.3 Å². The van der Waals surface area contributed by atoms with Crippen LogP contribution in [0.5, 0.6) is 0 Å². The summed E-state index contributed by atoms with van der Waals surface area (Å²) in [5.41, 5.74) is 0. The summed E-state index contributed by atoms with van der Waals surface area (Å²) < 4.78 is 0. The molecule has 0 fully saturated rings. The average Bonchev–Trinajstić information content (AvgIpc) is 1.65. The Balaban J connectivity index is 0. The van der Waals surface area contributed by atoms with Crippen LogP contribution in [0, 0.1) is 5.92 Å². The monoisotopic (exact) mass is 120 g/mol. The van der Waals surface area contributed by atoms with E-state index in [2.05, 4.69) is 0 Å². The van der Waals surface area contributed by atoms with Gasteiger partial charge in [0.2, 0.25) is 0 Å². The highest BCUT2D eigenvalue weighted by molar-refractivity contribution is 4.55. The van der Waals surface area contributed by atoms with Crippen LogP contribution in [0.2, 0.25) is 0 Å². The Labute approximate surface area is 51.2 Å². The lowest BCUT2D eigenvalue weighted by Crippen LogP contribution is -2.18. The van der Waals surface area contributed by atoms with Gasteiger partial charge < -0.3 is 10.2 Å². The minimum atomic E-state index is -0.542. The van der Waals surface area contributed by atoms with Gasteiger partial charge >= 0.3 is 0 Å². The second-order valence-electron chi connectivity index (χ2n) is 1.99. The summed E-state index contributed by atoms with van der Waals surface area (Å²) in [6.45, 7) is 3.60. The third-order valence-electron chi connectivity index (χ3n) is 0.957. The minimum Gasteiger partial charge on any atom is -0.394 e. The minimum absolute atomic E-state index is 0. The fourth-order valence-electron chi connectivity index (χ4n) is 0.211. The molecule has 0 saturated carbocycles. The predicted octanol–water partition coefficient (Wildman–Crippen LogP) is 0.632. The van der Waals surface area contributed by atoms with Crippen LogP contribution in [-0.2, 0) is 0 Å². The Kier molecular flexibility index (Phi) is 6.85. The maximum Gasteiger partial charge on any atom is 0.0793 e. The molecule has 0 bridgehead atoms. The van der Waals surface area contributed by atoms with Gasteiger partial charge in [-0.2, -0.15) is 0 Å². The fourth-order valence-corrected chi connectivity index (χ4v) is 0.211. The Morgan fingerprint density at radius 2 is 1.75 bits per heavy atom. The van der Waals surface area contributed by atoms with Crippen molar-refractivity contribution in [3.05, 3.63) is 0 Å². The number of hydrogen-bond donors (Lipinski definition) is 2. The summed E-state index contributed by atoms with van der Waals surface area (Å²) >= 11 is 0. The molecule has 0 aliphatic carbocycles. The molecule has 0 rings (SSSR count). The van der Waals surface area contributed by atoms with Gasteiger partial charge in [0, 0.05) is 0 Å². The molecule has 0 radical (unpaired) electrons. The first-order chi connectivity index (χ1) is 3.18. The largest absolute Gasteiger partial charge is 0.394 e. The molecule has 0 spiro atoms. The van der Waals surface area contributed by atoms with Crippen molar-refractivity contribution < 1.29 is 10.2 Å². The van der Waals surface area contributed by atoms with Crippen LogP contribution < -0.4 is 0 Å². The molecule has 0 aliphatic heterocycles. The summed E-state index contributed by atoms with van der Waals surface area (Å²) in [7, 11) is 0. The zero-order valence-electron chi connectivity index (χ0n) is 4.76. The molecule has 0 heterocycles. The lowest BCUT2D eigenvalue weighted by Gasteiger charge is -2.08. The van der Waals surface area contributed by atoms with E-state index >= 15 is 0 Å². The van der Waals surface area contributed by atoms with Crippen molar-refractivity contribution in [1.82, 2.24) is 0 Å². The maximum absolute atomic E-state index is 8.69. The van der Waals surface area contributed by atoms with Crippen molar-refractivity contribution in [2.24, 2.45) is 5.92 Å². The Morgan fingerprint density at radius 1 is 1.38 bits per heavy atom. The molecular formula is C6H16O2. The summed E-state index contributed by atoms with van der Waals surface area (Å²) in [6, 6.07) is 0. The van der Waals surface area contributed by atoms with Crippen LogP contribution in [0.25, 0.3) is 0 Å². The van der Waals surface area contributed by atoms with Gasteiger partial charge in [-0.15, -0.1) is 0 Å². The van der Waals surface area contributed by atoms with Gasteiger partial charge in [0.25, 0.3) is 0 Å². The molecule has 1 unspecified atom stereocenters. The highest BCUT2D eigenvalue weighted by atomic mass is 16.3. The van der Waals surface area contributed by atoms with Crippen molar-refractivity contribution in [1.29, 1.82) is 0 Å². The Bertz CT molecular complexity index is 43.8. The van der Waals surface area contributed by atoms with Crippen molar-refractivity contribution in [3.63, 3.8) is 0 Å². The van der Waals surface area contributed by atoms with Crippen LogP contribution in [-0.4, -0.2) is 22.9 Å². The molecule has 0 amide bonds. The van der Waals surface area contributed by atoms with Crippen molar-refractivity contribution in [3.8, 4) is 0 Å². The number of aliphatic hydroxyl groups excluding tert-OH is 2. The van der Waals surface area contributed by atoms with E-state index in [0.29, 0.717) is 0 Å². The molecule has 0 aliphatic rings. The third kappa shape index (κ3) is 4.09. The van der Waals surface area contributed by atoms with E-state index in [-0.39, 0.29) is 20.0 Å². The zero-order chi connectivity index (χ0) is 5.86. The van der Waals surface area contributed by atoms with Gasteiger partial charge in [-0.25, -0.2) is 0 Å². The predicted molar refractivity (Wildman–Crippen MR) is 34.7 cm³/mol. The van der Waals surface area contributed by atoms with E-state index < -0.39 is 6.10 Å². The molecule has 2 N–H and O–H groups in total. The lowest BCUT2D eigenvalue weighted by atomic mass is 10.1. The molecule has 0 aromatic carbocycles. The van der Waals surface area contributed by atoms with E-state index in [9.17, 15) is 0 Å². The average molecular weight is 120 g/mol. The van der Waals surface area contributed by atoms with Crippen molar-refractivity contribution in [2.75, 3.05) is 6.61 Å². The molecule has 52 valence electrons. The second kappa shape index (κ2) is 5.06. The molecule has 2 heteroatoms. The molecule has 8 heavy (non-hydrogen) atoms. The van der Waals surface area contributed by atoms with Crippen molar-refractivity contribution in [2.45, 2.75) is 27.4 Å². The summed E-state index contributed by atoms with van der Waals surface area (Å²) in [4.78, 5) is 0.